The molecule has 176 valence electrons. The number of nitrogens with zero attached hydrogens (tertiary/aromatic N) is 2. The molecule has 4 aromatic rings. The number of hydrogen-bond donors (Lipinski definition) is 1. The standard InChI is InChI=1S/C28H25N3O3S/c1-3-33-22-14-12-21(13-15-22)29-25(32)17-35-28-23-16-20-6-4-5-7-24(20)34-27(23)30-26(31-28)19-10-8-18(2)9-11-19/h4-15H,3,16-17H2,1-2H3,(H,29,32). The number of benzene rings is 3. The van der Waals surface area contributed by atoms with Crippen LogP contribution in [0.25, 0.3) is 11.4 Å². The SMILES string of the molecule is CCOc1ccc(NC(=O)CSc2nc(-c3ccc(C)cc3)nc3c2Cc2ccccc2O3)cc1. The Hall–Kier alpha value is -3.84. The first-order chi connectivity index (χ1) is 17.1. The fourth-order valence-corrected chi connectivity index (χ4v) is 4.63. The van der Waals surface area contributed by atoms with Crippen LogP contribution in [0.3, 0.4) is 0 Å². The monoisotopic (exact) mass is 483 g/mol. The molecule has 0 spiro atoms. The van der Waals surface area contributed by atoms with Crippen LogP contribution in [0.4, 0.5) is 5.69 Å². The van der Waals surface area contributed by atoms with Gasteiger partial charge in [0.15, 0.2) is 5.82 Å². The lowest BCUT2D eigenvalue weighted by Gasteiger charge is -2.21. The van der Waals surface area contributed by atoms with Crippen molar-refractivity contribution in [3.63, 3.8) is 0 Å². The number of rotatable bonds is 7. The van der Waals surface area contributed by atoms with Crippen LogP contribution in [0.15, 0.2) is 77.8 Å². The van der Waals surface area contributed by atoms with Crippen molar-refractivity contribution in [2.24, 2.45) is 0 Å². The van der Waals surface area contributed by atoms with Crippen molar-refractivity contribution in [1.82, 2.24) is 9.97 Å². The Morgan fingerprint density at radius 1 is 1.03 bits per heavy atom. The van der Waals surface area contributed by atoms with Gasteiger partial charge in [0.05, 0.1) is 17.9 Å². The zero-order valence-corrected chi connectivity index (χ0v) is 20.4. The summed E-state index contributed by atoms with van der Waals surface area (Å²) >= 11 is 1.39. The molecule has 2 heterocycles. The topological polar surface area (TPSA) is 73.3 Å². The molecular formula is C28H25N3O3S. The van der Waals surface area contributed by atoms with Gasteiger partial charge < -0.3 is 14.8 Å². The predicted molar refractivity (Wildman–Crippen MR) is 138 cm³/mol. The molecule has 1 aliphatic rings. The van der Waals surface area contributed by atoms with Gasteiger partial charge in [0.25, 0.3) is 0 Å². The lowest BCUT2D eigenvalue weighted by atomic mass is 10.0. The molecule has 0 aliphatic carbocycles. The summed E-state index contributed by atoms with van der Waals surface area (Å²) < 4.78 is 11.6. The molecule has 1 amide bonds. The van der Waals surface area contributed by atoms with Gasteiger partial charge in [-0.05, 0) is 49.7 Å². The summed E-state index contributed by atoms with van der Waals surface area (Å²) in [7, 11) is 0. The fourth-order valence-electron chi connectivity index (χ4n) is 3.81. The number of ether oxygens (including phenoxy) is 2. The number of carbonyl (C=O) groups excluding carboxylic acids is 1. The van der Waals surface area contributed by atoms with Crippen molar-refractivity contribution in [3.05, 3.63) is 89.5 Å². The van der Waals surface area contributed by atoms with E-state index in [0.717, 1.165) is 44.5 Å². The molecule has 5 rings (SSSR count). The highest BCUT2D eigenvalue weighted by Gasteiger charge is 2.24. The van der Waals surface area contributed by atoms with Crippen LogP contribution >= 0.6 is 11.8 Å². The lowest BCUT2D eigenvalue weighted by Crippen LogP contribution is -2.15. The van der Waals surface area contributed by atoms with Crippen molar-refractivity contribution in [1.29, 1.82) is 0 Å². The number of hydrogen-bond acceptors (Lipinski definition) is 6. The Balaban J connectivity index is 1.38. The van der Waals surface area contributed by atoms with E-state index in [1.165, 1.54) is 11.8 Å². The maximum absolute atomic E-state index is 12.7. The first-order valence-electron chi connectivity index (χ1n) is 11.5. The van der Waals surface area contributed by atoms with E-state index in [1.54, 1.807) is 0 Å². The first-order valence-corrected chi connectivity index (χ1v) is 12.5. The van der Waals surface area contributed by atoms with Crippen LogP contribution in [0, 0.1) is 6.92 Å². The van der Waals surface area contributed by atoms with Gasteiger partial charge >= 0.3 is 0 Å². The Morgan fingerprint density at radius 2 is 1.80 bits per heavy atom. The number of carbonyl (C=O) groups is 1. The molecule has 3 aromatic carbocycles. The smallest absolute Gasteiger partial charge is 0.234 e. The van der Waals surface area contributed by atoms with Crippen molar-refractivity contribution in [2.75, 3.05) is 17.7 Å². The Kier molecular flexibility index (Phi) is 6.68. The van der Waals surface area contributed by atoms with E-state index in [0.29, 0.717) is 24.7 Å². The van der Waals surface area contributed by atoms with Crippen molar-refractivity contribution in [2.45, 2.75) is 25.3 Å². The third kappa shape index (κ3) is 5.30. The van der Waals surface area contributed by atoms with Crippen molar-refractivity contribution >= 4 is 23.4 Å². The summed E-state index contributed by atoms with van der Waals surface area (Å²) in [6, 6.07) is 23.4. The molecule has 0 saturated heterocycles. The van der Waals surface area contributed by atoms with Gasteiger partial charge in [0, 0.05) is 17.7 Å². The van der Waals surface area contributed by atoms with Gasteiger partial charge in [-0.3, -0.25) is 4.79 Å². The molecular weight excluding hydrogens is 458 g/mol. The molecule has 1 N–H and O–H groups in total. The van der Waals surface area contributed by atoms with Crippen LogP contribution in [0.1, 0.15) is 23.6 Å². The minimum Gasteiger partial charge on any atom is -0.494 e. The highest BCUT2D eigenvalue weighted by atomic mass is 32.2. The fraction of sp³-hybridized carbons (Fsp3) is 0.179. The van der Waals surface area contributed by atoms with Crippen molar-refractivity contribution < 1.29 is 14.3 Å². The average Bonchev–Trinajstić information content (AvgIpc) is 2.88. The highest BCUT2D eigenvalue weighted by molar-refractivity contribution is 8.00. The molecule has 0 atom stereocenters. The van der Waals surface area contributed by atoms with Gasteiger partial charge in [0.1, 0.15) is 16.5 Å². The minimum atomic E-state index is -0.111. The highest BCUT2D eigenvalue weighted by Crippen LogP contribution is 2.40. The van der Waals surface area contributed by atoms with Gasteiger partial charge in [-0.2, -0.15) is 4.98 Å². The zero-order chi connectivity index (χ0) is 24.2. The van der Waals surface area contributed by atoms with E-state index in [1.807, 2.05) is 86.6 Å². The van der Waals surface area contributed by atoms with Gasteiger partial charge in [0.2, 0.25) is 11.8 Å². The molecule has 35 heavy (non-hydrogen) atoms. The summed E-state index contributed by atoms with van der Waals surface area (Å²) in [5.74, 6) is 2.81. The van der Waals surface area contributed by atoms with Crippen LogP contribution in [-0.2, 0) is 11.2 Å². The van der Waals surface area contributed by atoms with E-state index in [2.05, 4.69) is 5.32 Å². The Labute approximate surface area is 208 Å². The van der Waals surface area contributed by atoms with E-state index < -0.39 is 0 Å². The molecule has 0 unspecified atom stereocenters. The van der Waals surface area contributed by atoms with Crippen molar-refractivity contribution in [3.8, 4) is 28.8 Å². The molecule has 7 heteroatoms. The van der Waals surface area contributed by atoms with E-state index >= 15 is 0 Å². The summed E-state index contributed by atoms with van der Waals surface area (Å²) in [4.78, 5) is 22.3. The molecule has 1 aromatic heterocycles. The quantitative estimate of drug-likeness (QED) is 0.217. The first kappa shape index (κ1) is 22.9. The molecule has 1 aliphatic heterocycles. The number of aryl methyl sites for hydroxylation is 1. The number of fused-ring (bicyclic) bond motifs is 2. The maximum atomic E-state index is 12.7. The second kappa shape index (κ2) is 10.2. The molecule has 0 fully saturated rings. The summed E-state index contributed by atoms with van der Waals surface area (Å²) in [5.41, 5.74) is 4.77. The predicted octanol–water partition coefficient (Wildman–Crippen LogP) is 6.28. The van der Waals surface area contributed by atoms with E-state index in [9.17, 15) is 4.79 Å². The van der Waals surface area contributed by atoms with E-state index in [4.69, 9.17) is 19.4 Å². The molecule has 0 bridgehead atoms. The Bertz CT molecular complexity index is 1360. The lowest BCUT2D eigenvalue weighted by molar-refractivity contribution is -0.113. The summed E-state index contributed by atoms with van der Waals surface area (Å²) in [6.07, 6.45) is 0.655. The molecule has 6 nitrogen and oxygen atoms in total. The maximum Gasteiger partial charge on any atom is 0.234 e. The normalized spacial score (nSPS) is 11.7. The van der Waals surface area contributed by atoms with E-state index in [-0.39, 0.29) is 11.7 Å². The minimum absolute atomic E-state index is 0.111. The Morgan fingerprint density at radius 3 is 2.57 bits per heavy atom. The van der Waals surface area contributed by atoms with Crippen LogP contribution in [0.5, 0.6) is 17.4 Å². The third-order valence-electron chi connectivity index (χ3n) is 5.58. The molecule has 0 radical (unpaired) electrons. The average molecular weight is 484 g/mol. The van der Waals surface area contributed by atoms with Gasteiger partial charge in [-0.1, -0.05) is 59.8 Å². The largest absolute Gasteiger partial charge is 0.494 e. The van der Waals surface area contributed by atoms with Gasteiger partial charge in [-0.15, -0.1) is 0 Å². The number of nitrogens with one attached hydrogen (secondary N) is 1. The second-order valence-electron chi connectivity index (χ2n) is 8.18. The van der Waals surface area contributed by atoms with Crippen LogP contribution in [-0.4, -0.2) is 28.2 Å². The number of anilines is 1. The summed E-state index contributed by atoms with van der Waals surface area (Å²) in [6.45, 7) is 4.58. The second-order valence-corrected chi connectivity index (χ2v) is 9.15. The number of para-hydroxylation sites is 1. The van der Waals surface area contributed by atoms with Crippen LogP contribution in [0.2, 0.25) is 0 Å². The summed E-state index contributed by atoms with van der Waals surface area (Å²) in [5, 5.41) is 3.69. The number of thioether (sulfide) groups is 1. The zero-order valence-electron chi connectivity index (χ0n) is 19.6. The third-order valence-corrected chi connectivity index (χ3v) is 6.59. The number of amides is 1. The van der Waals surface area contributed by atoms with Crippen LogP contribution < -0.4 is 14.8 Å². The van der Waals surface area contributed by atoms with Gasteiger partial charge in [-0.25, -0.2) is 4.98 Å². The number of aromatic nitrogens is 2. The molecule has 0 saturated carbocycles.